The molecule has 1 aromatic rings. The number of rotatable bonds is 3. The molecule has 5 heteroatoms. The van der Waals surface area contributed by atoms with Crippen molar-refractivity contribution < 1.29 is 4.79 Å². The molecule has 0 radical (unpaired) electrons. The SMILES string of the molecule is Cn1cnc(C(=O)N2CCC(CCN)C2)c1. The molecule has 1 aromatic heterocycles. The summed E-state index contributed by atoms with van der Waals surface area (Å²) in [4.78, 5) is 18.0. The van der Waals surface area contributed by atoms with E-state index in [1.165, 1.54) is 0 Å². The molecule has 0 spiro atoms. The van der Waals surface area contributed by atoms with Crippen LogP contribution in [0.2, 0.25) is 0 Å². The van der Waals surface area contributed by atoms with Gasteiger partial charge in [0.2, 0.25) is 0 Å². The van der Waals surface area contributed by atoms with Crippen LogP contribution >= 0.6 is 0 Å². The van der Waals surface area contributed by atoms with Crippen LogP contribution in [0, 0.1) is 5.92 Å². The molecular weight excluding hydrogens is 204 g/mol. The molecule has 2 N–H and O–H groups in total. The van der Waals surface area contributed by atoms with Crippen LogP contribution in [-0.2, 0) is 7.05 Å². The van der Waals surface area contributed by atoms with Crippen molar-refractivity contribution in [3.63, 3.8) is 0 Å². The van der Waals surface area contributed by atoms with Crippen LogP contribution in [0.5, 0.6) is 0 Å². The van der Waals surface area contributed by atoms with Gasteiger partial charge in [0.15, 0.2) is 0 Å². The van der Waals surface area contributed by atoms with E-state index in [0.29, 0.717) is 18.2 Å². The van der Waals surface area contributed by atoms with E-state index in [1.54, 1.807) is 17.1 Å². The number of carbonyl (C=O) groups is 1. The van der Waals surface area contributed by atoms with Gasteiger partial charge in [-0.25, -0.2) is 4.98 Å². The van der Waals surface area contributed by atoms with Crippen molar-refractivity contribution in [1.82, 2.24) is 14.5 Å². The lowest BCUT2D eigenvalue weighted by molar-refractivity contribution is 0.0781. The van der Waals surface area contributed by atoms with Crippen LogP contribution < -0.4 is 5.73 Å². The van der Waals surface area contributed by atoms with E-state index in [4.69, 9.17) is 5.73 Å². The second kappa shape index (κ2) is 4.65. The molecule has 1 unspecified atom stereocenters. The number of imidazole rings is 1. The molecule has 1 fully saturated rings. The first-order valence-corrected chi connectivity index (χ1v) is 5.68. The topological polar surface area (TPSA) is 64.2 Å². The van der Waals surface area contributed by atoms with Crippen molar-refractivity contribution >= 4 is 5.91 Å². The van der Waals surface area contributed by atoms with E-state index in [9.17, 15) is 4.79 Å². The number of nitrogens with zero attached hydrogens (tertiary/aromatic N) is 3. The number of hydrogen-bond acceptors (Lipinski definition) is 3. The maximum atomic E-state index is 12.0. The van der Waals surface area contributed by atoms with Crippen LogP contribution in [0.1, 0.15) is 23.3 Å². The van der Waals surface area contributed by atoms with Gasteiger partial charge in [-0.2, -0.15) is 0 Å². The van der Waals surface area contributed by atoms with Gasteiger partial charge in [-0.05, 0) is 25.3 Å². The van der Waals surface area contributed by atoms with Gasteiger partial charge in [0.25, 0.3) is 5.91 Å². The molecule has 16 heavy (non-hydrogen) atoms. The highest BCUT2D eigenvalue weighted by molar-refractivity contribution is 5.92. The average molecular weight is 222 g/mol. The first kappa shape index (κ1) is 11.1. The van der Waals surface area contributed by atoms with E-state index >= 15 is 0 Å². The maximum absolute atomic E-state index is 12.0. The van der Waals surface area contributed by atoms with Gasteiger partial charge < -0.3 is 15.2 Å². The Bertz CT molecular complexity index is 374. The minimum absolute atomic E-state index is 0.0418. The highest BCUT2D eigenvalue weighted by Gasteiger charge is 2.27. The maximum Gasteiger partial charge on any atom is 0.274 e. The van der Waals surface area contributed by atoms with E-state index < -0.39 is 0 Å². The summed E-state index contributed by atoms with van der Waals surface area (Å²) in [6.45, 7) is 2.36. The lowest BCUT2D eigenvalue weighted by Crippen LogP contribution is -2.29. The highest BCUT2D eigenvalue weighted by atomic mass is 16.2. The zero-order chi connectivity index (χ0) is 11.5. The van der Waals surface area contributed by atoms with E-state index in [-0.39, 0.29) is 5.91 Å². The van der Waals surface area contributed by atoms with Gasteiger partial charge in [0.1, 0.15) is 5.69 Å². The molecular formula is C11H18N4O. The standard InChI is InChI=1S/C11H18N4O/c1-14-7-10(13-8-14)11(16)15-5-3-9(6-15)2-4-12/h7-9H,2-6,12H2,1H3. The molecule has 1 aliphatic heterocycles. The number of likely N-dealkylation sites (tertiary alicyclic amines) is 1. The summed E-state index contributed by atoms with van der Waals surface area (Å²) in [6, 6.07) is 0. The molecule has 0 saturated carbocycles. The van der Waals surface area contributed by atoms with Crippen LogP contribution in [-0.4, -0.2) is 40.0 Å². The average Bonchev–Trinajstić information content (AvgIpc) is 2.87. The van der Waals surface area contributed by atoms with Gasteiger partial charge in [0, 0.05) is 26.3 Å². The predicted molar refractivity (Wildman–Crippen MR) is 60.9 cm³/mol. The number of hydrogen-bond donors (Lipinski definition) is 1. The molecule has 88 valence electrons. The second-order valence-corrected chi connectivity index (χ2v) is 4.41. The molecule has 1 atom stereocenters. The van der Waals surface area contributed by atoms with Gasteiger partial charge in [0.05, 0.1) is 6.33 Å². The first-order chi connectivity index (χ1) is 7.70. The smallest absolute Gasteiger partial charge is 0.274 e. The van der Waals surface area contributed by atoms with E-state index in [0.717, 1.165) is 25.9 Å². The summed E-state index contributed by atoms with van der Waals surface area (Å²) in [7, 11) is 1.87. The third-order valence-corrected chi connectivity index (χ3v) is 3.07. The fourth-order valence-electron chi connectivity index (χ4n) is 2.17. The number of carbonyl (C=O) groups excluding carboxylic acids is 1. The quantitative estimate of drug-likeness (QED) is 0.796. The zero-order valence-corrected chi connectivity index (χ0v) is 9.59. The van der Waals surface area contributed by atoms with Crippen LogP contribution in [0.25, 0.3) is 0 Å². The summed E-state index contributed by atoms with van der Waals surface area (Å²) < 4.78 is 1.79. The third-order valence-electron chi connectivity index (χ3n) is 3.07. The summed E-state index contributed by atoms with van der Waals surface area (Å²) in [5.74, 6) is 0.609. The van der Waals surface area contributed by atoms with Crippen LogP contribution in [0.3, 0.4) is 0 Å². The molecule has 2 heterocycles. The minimum atomic E-state index is 0.0418. The minimum Gasteiger partial charge on any atom is -0.340 e. The van der Waals surface area contributed by atoms with Gasteiger partial charge in [-0.15, -0.1) is 0 Å². The summed E-state index contributed by atoms with van der Waals surface area (Å²) in [6.07, 6.45) is 5.49. The molecule has 1 aliphatic rings. The van der Waals surface area contributed by atoms with Crippen molar-refractivity contribution in [3.8, 4) is 0 Å². The molecule has 0 aromatic carbocycles. The van der Waals surface area contributed by atoms with Crippen molar-refractivity contribution in [1.29, 1.82) is 0 Å². The Hall–Kier alpha value is -1.36. The normalized spacial score (nSPS) is 20.4. The van der Waals surface area contributed by atoms with E-state index in [2.05, 4.69) is 4.98 Å². The summed E-state index contributed by atoms with van der Waals surface area (Å²) >= 11 is 0. The van der Waals surface area contributed by atoms with Crippen molar-refractivity contribution in [2.45, 2.75) is 12.8 Å². The Kier molecular flexibility index (Phi) is 3.24. The molecule has 0 bridgehead atoms. The van der Waals surface area contributed by atoms with Crippen molar-refractivity contribution in [2.24, 2.45) is 18.7 Å². The Morgan fingerprint density at radius 2 is 2.50 bits per heavy atom. The Labute approximate surface area is 95.2 Å². The fourth-order valence-corrected chi connectivity index (χ4v) is 2.17. The van der Waals surface area contributed by atoms with Crippen molar-refractivity contribution in [2.75, 3.05) is 19.6 Å². The second-order valence-electron chi connectivity index (χ2n) is 4.41. The van der Waals surface area contributed by atoms with E-state index in [1.807, 2.05) is 11.9 Å². The summed E-state index contributed by atoms with van der Waals surface area (Å²) in [5, 5.41) is 0. The summed E-state index contributed by atoms with van der Waals surface area (Å²) in [5.41, 5.74) is 6.06. The third kappa shape index (κ3) is 2.24. The van der Waals surface area contributed by atoms with Gasteiger partial charge in [-0.3, -0.25) is 4.79 Å². The largest absolute Gasteiger partial charge is 0.340 e. The van der Waals surface area contributed by atoms with Crippen molar-refractivity contribution in [3.05, 3.63) is 18.2 Å². The van der Waals surface area contributed by atoms with Gasteiger partial charge >= 0.3 is 0 Å². The Morgan fingerprint density at radius 1 is 1.69 bits per heavy atom. The Balaban J connectivity index is 1.97. The molecule has 2 rings (SSSR count). The fraction of sp³-hybridized carbons (Fsp3) is 0.636. The first-order valence-electron chi connectivity index (χ1n) is 5.68. The molecule has 1 saturated heterocycles. The molecule has 1 amide bonds. The lowest BCUT2D eigenvalue weighted by atomic mass is 10.1. The molecule has 5 nitrogen and oxygen atoms in total. The number of nitrogens with two attached hydrogens (primary N) is 1. The molecule has 0 aliphatic carbocycles. The lowest BCUT2D eigenvalue weighted by Gasteiger charge is -2.14. The number of aryl methyl sites for hydroxylation is 1. The Morgan fingerprint density at radius 3 is 3.12 bits per heavy atom. The van der Waals surface area contributed by atoms with Crippen LogP contribution in [0.4, 0.5) is 0 Å². The van der Waals surface area contributed by atoms with Crippen LogP contribution in [0.15, 0.2) is 12.5 Å². The zero-order valence-electron chi connectivity index (χ0n) is 9.59. The predicted octanol–water partition coefficient (Wildman–Crippen LogP) is 0.231. The highest BCUT2D eigenvalue weighted by Crippen LogP contribution is 2.20. The monoisotopic (exact) mass is 222 g/mol. The number of amides is 1. The van der Waals surface area contributed by atoms with Gasteiger partial charge in [-0.1, -0.05) is 0 Å². The number of aromatic nitrogens is 2.